The molecule has 18 heteroatoms. The van der Waals surface area contributed by atoms with Gasteiger partial charge >= 0.3 is 23.9 Å². The van der Waals surface area contributed by atoms with Crippen LogP contribution in [0, 0.1) is 11.2 Å². The van der Waals surface area contributed by atoms with Crippen molar-refractivity contribution < 1.29 is 46.5 Å². The Hall–Kier alpha value is -6.07. The van der Waals surface area contributed by atoms with E-state index < -0.39 is 35.8 Å². The number of carbonyl (C=O) groups is 2. The van der Waals surface area contributed by atoms with E-state index >= 15 is 4.39 Å². The monoisotopic (exact) mass is 649 g/mol. The van der Waals surface area contributed by atoms with Gasteiger partial charge in [-0.2, -0.15) is 17.9 Å². The van der Waals surface area contributed by atoms with Crippen molar-refractivity contribution in [2.24, 2.45) is 5.73 Å². The first kappa shape index (κ1) is 34.4. The minimum absolute atomic E-state index is 0.0645. The summed E-state index contributed by atoms with van der Waals surface area (Å²) in [5.41, 5.74) is 6.58. The highest BCUT2D eigenvalue weighted by Crippen LogP contribution is 2.35. The second kappa shape index (κ2) is 14.6. The standard InChI is InChI=1S/C26H26FN7O5.C2HF3O2/c1-37-20-12-16(17(27)13-21(20)38-2)22(30-15-10-8-14(9-11-15)23(28)29)24-32-25(35)34(33-24)19-7-5-4-6-18(19)31-26(36)39-3;3-2(4,5)1(6)7/h4-13,22,30H,1-3H3,(H3,28,29)(H,31,36)(H,32,33,35);(H,6,7). The largest absolute Gasteiger partial charge is 0.493 e. The summed E-state index contributed by atoms with van der Waals surface area (Å²) in [4.78, 5) is 36.5. The van der Waals surface area contributed by atoms with E-state index in [1.807, 2.05) is 0 Å². The molecule has 0 saturated heterocycles. The van der Waals surface area contributed by atoms with Gasteiger partial charge in [-0.05, 0) is 42.5 Å². The number of carboxylic acid groups (broad SMARTS) is 1. The molecule has 4 rings (SSSR count). The number of hydrogen-bond donors (Lipinski definition) is 6. The molecule has 0 radical (unpaired) electrons. The lowest BCUT2D eigenvalue weighted by molar-refractivity contribution is -0.192. The van der Waals surface area contributed by atoms with E-state index in [4.69, 9.17) is 30.5 Å². The van der Waals surface area contributed by atoms with E-state index in [0.717, 1.165) is 4.68 Å². The topological polar surface area (TPSA) is 207 Å². The number of rotatable bonds is 9. The van der Waals surface area contributed by atoms with Crippen LogP contribution in [0.25, 0.3) is 5.69 Å². The van der Waals surface area contributed by atoms with E-state index in [9.17, 15) is 22.8 Å². The zero-order valence-corrected chi connectivity index (χ0v) is 24.2. The van der Waals surface area contributed by atoms with E-state index in [0.29, 0.717) is 11.3 Å². The molecule has 3 aromatic carbocycles. The first-order chi connectivity index (χ1) is 21.7. The number of aromatic amines is 1. The number of carbonyl (C=O) groups excluding carboxylic acids is 1. The number of nitrogens with two attached hydrogens (primary N) is 1. The number of nitrogens with zero attached hydrogens (tertiary/aromatic N) is 2. The van der Waals surface area contributed by atoms with Crippen LogP contribution in [0.15, 0.2) is 65.5 Å². The molecule has 0 aliphatic carbocycles. The summed E-state index contributed by atoms with van der Waals surface area (Å²) in [6.07, 6.45) is -5.81. The maximum atomic E-state index is 15.4. The van der Waals surface area contributed by atoms with Crippen molar-refractivity contribution in [2.75, 3.05) is 32.0 Å². The molecule has 0 fully saturated rings. The van der Waals surface area contributed by atoms with Crippen molar-refractivity contribution >= 4 is 29.3 Å². The van der Waals surface area contributed by atoms with Gasteiger partial charge in [-0.15, -0.1) is 5.10 Å². The molecule has 14 nitrogen and oxygen atoms in total. The number of methoxy groups -OCH3 is 3. The molecule has 1 atom stereocenters. The summed E-state index contributed by atoms with van der Waals surface area (Å²) < 4.78 is 63.4. The third kappa shape index (κ3) is 8.30. The average molecular weight is 650 g/mol. The molecule has 1 heterocycles. The van der Waals surface area contributed by atoms with Gasteiger partial charge in [0, 0.05) is 22.9 Å². The SMILES string of the molecule is COC(=O)Nc1ccccc1-n1nc(C(Nc2ccc(C(=N)N)cc2)c2cc(OC)c(OC)cc2F)[nH]c1=O.O=C(O)C(F)(F)F. The van der Waals surface area contributed by atoms with E-state index in [1.54, 1.807) is 48.5 Å². The van der Waals surface area contributed by atoms with Crippen molar-refractivity contribution in [3.8, 4) is 17.2 Å². The van der Waals surface area contributed by atoms with Crippen LogP contribution in [0.5, 0.6) is 11.5 Å². The molecule has 46 heavy (non-hydrogen) atoms. The highest BCUT2D eigenvalue weighted by Gasteiger charge is 2.38. The molecule has 0 saturated carbocycles. The van der Waals surface area contributed by atoms with Crippen molar-refractivity contribution in [3.05, 3.63) is 93.9 Å². The van der Waals surface area contributed by atoms with Gasteiger partial charge in [-0.25, -0.2) is 18.8 Å². The number of nitrogen functional groups attached to an aromatic ring is 1. The Morgan fingerprint density at radius 2 is 1.63 bits per heavy atom. The maximum absolute atomic E-state index is 15.4. The molecule has 0 spiro atoms. The lowest BCUT2D eigenvalue weighted by Gasteiger charge is -2.20. The summed E-state index contributed by atoms with van der Waals surface area (Å²) in [6, 6.07) is 14.7. The molecule has 244 valence electrons. The Balaban J connectivity index is 0.000000738. The second-order valence-corrected chi connectivity index (χ2v) is 8.96. The molecular formula is C28H27F4N7O7. The summed E-state index contributed by atoms with van der Waals surface area (Å²) >= 11 is 0. The highest BCUT2D eigenvalue weighted by molar-refractivity contribution is 5.95. The highest BCUT2D eigenvalue weighted by atomic mass is 19.4. The predicted octanol–water partition coefficient (Wildman–Crippen LogP) is 4.01. The number of hydrogen-bond acceptors (Lipinski definition) is 9. The lowest BCUT2D eigenvalue weighted by Crippen LogP contribution is -2.21. The Morgan fingerprint density at radius 1 is 1.04 bits per heavy atom. The average Bonchev–Trinajstić information content (AvgIpc) is 3.40. The van der Waals surface area contributed by atoms with Gasteiger partial charge in [-0.1, -0.05) is 12.1 Å². The molecule has 1 amide bonds. The fourth-order valence-electron chi connectivity index (χ4n) is 3.86. The lowest BCUT2D eigenvalue weighted by atomic mass is 10.0. The Bertz CT molecular complexity index is 1770. The Kier molecular flexibility index (Phi) is 10.9. The van der Waals surface area contributed by atoms with E-state index in [2.05, 4.69) is 25.5 Å². The first-order valence-electron chi connectivity index (χ1n) is 12.8. The van der Waals surface area contributed by atoms with Crippen LogP contribution >= 0.6 is 0 Å². The molecule has 4 aromatic rings. The summed E-state index contributed by atoms with van der Waals surface area (Å²) in [5, 5.41) is 24.9. The second-order valence-electron chi connectivity index (χ2n) is 8.96. The van der Waals surface area contributed by atoms with Gasteiger partial charge in [0.1, 0.15) is 17.7 Å². The third-order valence-electron chi connectivity index (χ3n) is 6.03. The zero-order valence-electron chi connectivity index (χ0n) is 24.2. The first-order valence-corrected chi connectivity index (χ1v) is 12.8. The molecule has 0 aliphatic rings. The number of anilines is 2. The van der Waals surface area contributed by atoms with Crippen LogP contribution in [-0.2, 0) is 9.53 Å². The van der Waals surface area contributed by atoms with Crippen molar-refractivity contribution in [3.63, 3.8) is 0 Å². The Labute approximate surface area is 257 Å². The fourth-order valence-corrected chi connectivity index (χ4v) is 3.86. The molecule has 0 aliphatic heterocycles. The number of aromatic nitrogens is 3. The maximum Gasteiger partial charge on any atom is 0.490 e. The van der Waals surface area contributed by atoms with Gasteiger partial charge in [0.25, 0.3) is 0 Å². The van der Waals surface area contributed by atoms with Crippen molar-refractivity contribution in [1.82, 2.24) is 14.8 Å². The third-order valence-corrected chi connectivity index (χ3v) is 6.03. The quantitative estimate of drug-likeness (QED) is 0.0872. The number of H-pyrrole nitrogens is 1. The number of halogens is 4. The summed E-state index contributed by atoms with van der Waals surface area (Å²) in [6.45, 7) is 0. The van der Waals surface area contributed by atoms with Crippen LogP contribution in [0.2, 0.25) is 0 Å². The molecule has 1 aromatic heterocycles. The molecule has 0 bridgehead atoms. The van der Waals surface area contributed by atoms with E-state index in [1.165, 1.54) is 33.5 Å². The van der Waals surface area contributed by atoms with Crippen LogP contribution in [-0.4, -0.2) is 65.3 Å². The number of alkyl halides is 3. The van der Waals surface area contributed by atoms with Crippen LogP contribution in [0.1, 0.15) is 23.0 Å². The number of ether oxygens (including phenoxy) is 3. The van der Waals surface area contributed by atoms with Gasteiger partial charge < -0.3 is 30.4 Å². The van der Waals surface area contributed by atoms with E-state index in [-0.39, 0.29) is 40.1 Å². The number of para-hydroxylation sites is 2. The fraction of sp³-hybridized carbons (Fsp3) is 0.179. The Morgan fingerprint density at radius 3 is 2.17 bits per heavy atom. The zero-order chi connectivity index (χ0) is 34.2. The van der Waals surface area contributed by atoms with Gasteiger partial charge in [-0.3, -0.25) is 15.7 Å². The van der Waals surface area contributed by atoms with Crippen LogP contribution in [0.4, 0.5) is 33.7 Å². The minimum Gasteiger partial charge on any atom is -0.493 e. The van der Waals surface area contributed by atoms with Crippen molar-refractivity contribution in [1.29, 1.82) is 5.41 Å². The van der Waals surface area contributed by atoms with Crippen molar-refractivity contribution in [2.45, 2.75) is 12.2 Å². The summed E-state index contributed by atoms with van der Waals surface area (Å²) in [5.74, 6) is -2.99. The number of amidine groups is 1. The number of benzene rings is 3. The van der Waals surface area contributed by atoms with Gasteiger partial charge in [0.2, 0.25) is 0 Å². The number of amides is 1. The minimum atomic E-state index is -5.08. The molecule has 7 N–H and O–H groups in total. The number of carboxylic acids is 1. The number of nitrogens with one attached hydrogen (secondary N) is 4. The number of aliphatic carboxylic acids is 1. The smallest absolute Gasteiger partial charge is 0.490 e. The molecule has 1 unspecified atom stereocenters. The summed E-state index contributed by atoms with van der Waals surface area (Å²) in [7, 11) is 4.03. The van der Waals surface area contributed by atoms with Gasteiger partial charge in [0.15, 0.2) is 17.3 Å². The normalized spacial score (nSPS) is 11.4. The predicted molar refractivity (Wildman–Crippen MR) is 156 cm³/mol. The van der Waals surface area contributed by atoms with Crippen LogP contribution < -0.4 is 31.5 Å². The van der Waals surface area contributed by atoms with Crippen LogP contribution in [0.3, 0.4) is 0 Å². The molecular weight excluding hydrogens is 622 g/mol. The van der Waals surface area contributed by atoms with Gasteiger partial charge in [0.05, 0.1) is 32.7 Å².